The van der Waals surface area contributed by atoms with E-state index in [1.54, 1.807) is 0 Å². The van der Waals surface area contributed by atoms with E-state index in [1.807, 2.05) is 23.1 Å². The predicted octanol–water partition coefficient (Wildman–Crippen LogP) is 4.01. The molecule has 1 aliphatic rings. The Kier molecular flexibility index (Phi) is 3.18. The third kappa shape index (κ3) is 2.27. The van der Waals surface area contributed by atoms with Crippen molar-refractivity contribution < 1.29 is 4.79 Å². The number of fused-ring (bicyclic) bond motifs is 1. The predicted molar refractivity (Wildman–Crippen MR) is 85.5 cm³/mol. The fraction of sp³-hybridized carbons (Fsp3) is 0.400. The maximum absolute atomic E-state index is 12.6. The van der Waals surface area contributed by atoms with Crippen LogP contribution in [0.15, 0.2) is 18.2 Å². The molecule has 2 heterocycles. The molecule has 1 fully saturated rings. The van der Waals surface area contributed by atoms with Gasteiger partial charge in [0.1, 0.15) is 4.88 Å². The summed E-state index contributed by atoms with van der Waals surface area (Å²) in [7, 11) is 0. The van der Waals surface area contributed by atoms with Gasteiger partial charge in [-0.1, -0.05) is 25.4 Å². The first-order valence-electron chi connectivity index (χ1n) is 6.64. The van der Waals surface area contributed by atoms with Gasteiger partial charge in [0.15, 0.2) is 0 Å². The van der Waals surface area contributed by atoms with Crippen LogP contribution in [0.4, 0.5) is 5.69 Å². The molecule has 0 aliphatic carbocycles. The van der Waals surface area contributed by atoms with Gasteiger partial charge in [0.25, 0.3) is 5.91 Å². The van der Waals surface area contributed by atoms with Gasteiger partial charge < -0.3 is 10.6 Å². The topological polar surface area (TPSA) is 46.3 Å². The number of hydrogen-bond acceptors (Lipinski definition) is 3. The first-order valence-corrected chi connectivity index (χ1v) is 7.84. The van der Waals surface area contributed by atoms with Crippen LogP contribution in [-0.2, 0) is 0 Å². The molecule has 0 radical (unpaired) electrons. The quantitative estimate of drug-likeness (QED) is 0.865. The Morgan fingerprint density at radius 3 is 2.85 bits per heavy atom. The summed E-state index contributed by atoms with van der Waals surface area (Å²) in [5, 5.41) is 1.52. The van der Waals surface area contributed by atoms with E-state index in [4.69, 9.17) is 17.3 Å². The minimum atomic E-state index is 0.0467. The van der Waals surface area contributed by atoms with Gasteiger partial charge in [-0.05, 0) is 30.0 Å². The van der Waals surface area contributed by atoms with Crippen molar-refractivity contribution in [3.63, 3.8) is 0 Å². The van der Waals surface area contributed by atoms with Gasteiger partial charge in [0.2, 0.25) is 0 Å². The molecule has 3 nitrogen and oxygen atoms in total. The van der Waals surface area contributed by atoms with Crippen LogP contribution in [0.5, 0.6) is 0 Å². The van der Waals surface area contributed by atoms with E-state index < -0.39 is 0 Å². The van der Waals surface area contributed by atoms with Crippen LogP contribution < -0.4 is 5.73 Å². The number of thiophene rings is 1. The second-order valence-electron chi connectivity index (χ2n) is 6.13. The fourth-order valence-electron chi connectivity index (χ4n) is 2.68. The zero-order chi connectivity index (χ0) is 14.5. The summed E-state index contributed by atoms with van der Waals surface area (Å²) in [6, 6.07) is 5.57. The third-order valence-electron chi connectivity index (χ3n) is 3.85. The molecule has 1 amide bonds. The van der Waals surface area contributed by atoms with E-state index in [2.05, 4.69) is 13.8 Å². The van der Waals surface area contributed by atoms with Gasteiger partial charge in [0.05, 0.1) is 5.69 Å². The number of amides is 1. The number of rotatable bonds is 1. The minimum Gasteiger partial charge on any atom is -0.397 e. The number of benzene rings is 1. The van der Waals surface area contributed by atoms with E-state index in [1.165, 1.54) is 11.3 Å². The molecule has 106 valence electrons. The summed E-state index contributed by atoms with van der Waals surface area (Å²) in [4.78, 5) is 15.2. The zero-order valence-electron chi connectivity index (χ0n) is 11.6. The standard InChI is InChI=1S/C15H17ClN2OS/c1-15(2)5-6-18(8-15)14(19)13-12(17)10-7-9(16)3-4-11(10)20-13/h3-4,7H,5-6,8,17H2,1-2H3. The summed E-state index contributed by atoms with van der Waals surface area (Å²) in [5.74, 6) is 0.0467. The Bertz CT molecular complexity index is 692. The number of carbonyl (C=O) groups excluding carboxylic acids is 1. The SMILES string of the molecule is CC1(C)CCN(C(=O)c2sc3ccc(Cl)cc3c2N)C1. The lowest BCUT2D eigenvalue weighted by Gasteiger charge is -2.19. The summed E-state index contributed by atoms with van der Waals surface area (Å²) in [5.41, 5.74) is 6.90. The number of likely N-dealkylation sites (tertiary alicyclic amines) is 1. The van der Waals surface area contributed by atoms with Crippen molar-refractivity contribution in [1.29, 1.82) is 0 Å². The monoisotopic (exact) mass is 308 g/mol. The number of hydrogen-bond donors (Lipinski definition) is 1. The molecule has 2 N–H and O–H groups in total. The second-order valence-corrected chi connectivity index (χ2v) is 7.61. The van der Waals surface area contributed by atoms with Crippen LogP contribution in [0.2, 0.25) is 5.02 Å². The van der Waals surface area contributed by atoms with Gasteiger partial charge >= 0.3 is 0 Å². The van der Waals surface area contributed by atoms with Gasteiger partial charge in [-0.25, -0.2) is 0 Å². The lowest BCUT2D eigenvalue weighted by molar-refractivity contribution is 0.0784. The van der Waals surface area contributed by atoms with E-state index >= 15 is 0 Å². The molecule has 0 atom stereocenters. The van der Waals surface area contributed by atoms with Crippen LogP contribution in [0, 0.1) is 5.41 Å². The minimum absolute atomic E-state index is 0.0467. The smallest absolute Gasteiger partial charge is 0.266 e. The number of halogens is 1. The molecule has 3 rings (SSSR count). The van der Waals surface area contributed by atoms with Gasteiger partial charge in [-0.3, -0.25) is 4.79 Å². The van der Waals surface area contributed by atoms with E-state index in [0.29, 0.717) is 15.6 Å². The Balaban J connectivity index is 1.98. The Morgan fingerprint density at radius 1 is 1.45 bits per heavy atom. The molecule has 2 aromatic rings. The highest BCUT2D eigenvalue weighted by atomic mass is 35.5. The Hall–Kier alpha value is -1.26. The first-order chi connectivity index (χ1) is 9.37. The lowest BCUT2D eigenvalue weighted by atomic mass is 9.93. The maximum atomic E-state index is 12.6. The highest BCUT2D eigenvalue weighted by molar-refractivity contribution is 7.21. The Labute approximate surface area is 127 Å². The molecule has 0 unspecified atom stereocenters. The third-order valence-corrected chi connectivity index (χ3v) is 5.26. The molecule has 1 saturated heterocycles. The van der Waals surface area contributed by atoms with Crippen LogP contribution in [0.25, 0.3) is 10.1 Å². The largest absolute Gasteiger partial charge is 0.397 e. The molecule has 1 aliphatic heterocycles. The summed E-state index contributed by atoms with van der Waals surface area (Å²) < 4.78 is 1.01. The number of carbonyl (C=O) groups is 1. The van der Waals surface area contributed by atoms with Crippen LogP contribution in [-0.4, -0.2) is 23.9 Å². The molecule has 5 heteroatoms. The van der Waals surface area contributed by atoms with Crippen molar-refractivity contribution >= 4 is 44.6 Å². The van der Waals surface area contributed by atoms with Gasteiger partial charge in [-0.15, -0.1) is 11.3 Å². The van der Waals surface area contributed by atoms with E-state index in [0.717, 1.165) is 29.6 Å². The maximum Gasteiger partial charge on any atom is 0.266 e. The van der Waals surface area contributed by atoms with E-state index in [-0.39, 0.29) is 11.3 Å². The molecule has 0 saturated carbocycles. The van der Waals surface area contributed by atoms with Crippen molar-refractivity contribution in [3.8, 4) is 0 Å². The van der Waals surface area contributed by atoms with Gasteiger partial charge in [0, 0.05) is 28.2 Å². The second kappa shape index (κ2) is 4.64. The highest BCUT2D eigenvalue weighted by Gasteiger charge is 2.33. The number of anilines is 1. The lowest BCUT2D eigenvalue weighted by Crippen LogP contribution is -2.30. The zero-order valence-corrected chi connectivity index (χ0v) is 13.1. The van der Waals surface area contributed by atoms with E-state index in [9.17, 15) is 4.79 Å². The number of nitrogen functional groups attached to an aromatic ring is 1. The van der Waals surface area contributed by atoms with Crippen molar-refractivity contribution in [1.82, 2.24) is 4.90 Å². The van der Waals surface area contributed by atoms with Crippen molar-refractivity contribution in [3.05, 3.63) is 28.1 Å². The number of nitrogens with zero attached hydrogens (tertiary/aromatic N) is 1. The fourth-order valence-corrected chi connectivity index (χ4v) is 3.92. The van der Waals surface area contributed by atoms with Gasteiger partial charge in [-0.2, -0.15) is 0 Å². The summed E-state index contributed by atoms with van der Waals surface area (Å²) >= 11 is 7.45. The molecule has 20 heavy (non-hydrogen) atoms. The van der Waals surface area contributed by atoms with Crippen LogP contribution >= 0.6 is 22.9 Å². The molecule has 1 aromatic heterocycles. The van der Waals surface area contributed by atoms with Crippen LogP contribution in [0.3, 0.4) is 0 Å². The van der Waals surface area contributed by atoms with Crippen LogP contribution in [0.1, 0.15) is 29.9 Å². The van der Waals surface area contributed by atoms with Crippen molar-refractivity contribution in [2.24, 2.45) is 5.41 Å². The summed E-state index contributed by atoms with van der Waals surface area (Å²) in [6.07, 6.45) is 1.04. The normalized spacial score (nSPS) is 17.9. The first kappa shape index (κ1) is 13.7. The van der Waals surface area contributed by atoms with Crippen molar-refractivity contribution in [2.45, 2.75) is 20.3 Å². The molecular weight excluding hydrogens is 292 g/mol. The molecule has 0 bridgehead atoms. The average Bonchev–Trinajstić information content (AvgIpc) is 2.90. The molecular formula is C15H17ClN2OS. The number of nitrogens with two attached hydrogens (primary N) is 1. The molecule has 1 aromatic carbocycles. The Morgan fingerprint density at radius 2 is 2.20 bits per heavy atom. The average molecular weight is 309 g/mol. The van der Waals surface area contributed by atoms with Crippen molar-refractivity contribution in [2.75, 3.05) is 18.8 Å². The summed E-state index contributed by atoms with van der Waals surface area (Å²) in [6.45, 7) is 5.98. The highest BCUT2D eigenvalue weighted by Crippen LogP contribution is 2.37. The molecule has 0 spiro atoms.